The topological polar surface area (TPSA) is 64.7 Å². The normalized spacial score (nSPS) is 15.4. The molecule has 1 rings (SSSR count). The molecule has 1 saturated heterocycles. The fraction of sp³-hybridized carbons (Fsp3) is 0.857. The first-order valence-corrected chi connectivity index (χ1v) is 7.46. The first-order valence-electron chi connectivity index (χ1n) is 7.46. The molecule has 0 aromatic heterocycles. The van der Waals surface area contributed by atoms with Crippen molar-refractivity contribution in [1.82, 2.24) is 20.4 Å². The van der Waals surface area contributed by atoms with Crippen LogP contribution in [0.15, 0.2) is 0 Å². The number of carbonyl (C=O) groups is 2. The lowest BCUT2D eigenvalue weighted by Gasteiger charge is -2.32. The molecular weight excluding hydrogens is 292 g/mol. The molecule has 0 radical (unpaired) electrons. The monoisotopic (exact) mass is 320 g/mol. The first-order chi connectivity index (χ1) is 9.54. The molecule has 0 atom stereocenters. The van der Waals surface area contributed by atoms with Gasteiger partial charge < -0.3 is 15.5 Å². The van der Waals surface area contributed by atoms with E-state index in [1.165, 1.54) is 4.90 Å². The molecule has 0 spiro atoms. The molecule has 0 aromatic carbocycles. The van der Waals surface area contributed by atoms with Crippen molar-refractivity contribution in [2.24, 2.45) is 0 Å². The molecule has 7 heteroatoms. The van der Waals surface area contributed by atoms with Crippen molar-refractivity contribution in [1.29, 1.82) is 0 Å². The Morgan fingerprint density at radius 2 is 1.81 bits per heavy atom. The van der Waals surface area contributed by atoms with Gasteiger partial charge in [0, 0.05) is 19.6 Å². The van der Waals surface area contributed by atoms with Gasteiger partial charge in [-0.3, -0.25) is 14.5 Å². The van der Waals surface area contributed by atoms with E-state index in [-0.39, 0.29) is 30.8 Å². The summed E-state index contributed by atoms with van der Waals surface area (Å²) in [5.41, 5.74) is 0. The number of likely N-dealkylation sites (N-methyl/N-ethyl adjacent to an activating group) is 2. The zero-order valence-corrected chi connectivity index (χ0v) is 14.2. The van der Waals surface area contributed by atoms with Gasteiger partial charge in [-0.2, -0.15) is 0 Å². The van der Waals surface area contributed by atoms with Gasteiger partial charge in [0.2, 0.25) is 11.8 Å². The zero-order valence-electron chi connectivity index (χ0n) is 13.4. The Morgan fingerprint density at radius 3 is 2.38 bits per heavy atom. The summed E-state index contributed by atoms with van der Waals surface area (Å²) >= 11 is 0. The van der Waals surface area contributed by atoms with E-state index in [4.69, 9.17) is 0 Å². The van der Waals surface area contributed by atoms with Crippen molar-refractivity contribution < 1.29 is 9.59 Å². The van der Waals surface area contributed by atoms with Crippen LogP contribution in [0.5, 0.6) is 0 Å². The van der Waals surface area contributed by atoms with Crippen LogP contribution >= 0.6 is 12.4 Å². The van der Waals surface area contributed by atoms with Gasteiger partial charge in [-0.05, 0) is 39.4 Å². The molecule has 21 heavy (non-hydrogen) atoms. The maximum Gasteiger partial charge on any atom is 0.239 e. The summed E-state index contributed by atoms with van der Waals surface area (Å²) in [6.45, 7) is 5.21. The second-order valence-corrected chi connectivity index (χ2v) is 5.50. The lowest BCUT2D eigenvalue weighted by molar-refractivity contribution is -0.135. The Labute approximate surface area is 134 Å². The lowest BCUT2D eigenvalue weighted by Crippen LogP contribution is -2.47. The first kappa shape index (κ1) is 20.1. The highest BCUT2D eigenvalue weighted by atomic mass is 35.5. The van der Waals surface area contributed by atoms with Gasteiger partial charge >= 0.3 is 0 Å². The third-order valence-electron chi connectivity index (χ3n) is 3.70. The SMILES string of the molecule is CCCNC(=O)CN(C)C(=O)CN(C)C1CCNCC1.Cl. The summed E-state index contributed by atoms with van der Waals surface area (Å²) in [7, 11) is 3.67. The molecule has 2 N–H and O–H groups in total. The molecule has 2 amide bonds. The highest BCUT2D eigenvalue weighted by molar-refractivity contribution is 5.85. The number of amides is 2. The fourth-order valence-corrected chi connectivity index (χ4v) is 2.33. The Balaban J connectivity index is 0.00000400. The number of piperidine rings is 1. The van der Waals surface area contributed by atoms with Crippen LogP contribution in [0, 0.1) is 0 Å². The van der Waals surface area contributed by atoms with Crippen molar-refractivity contribution >= 4 is 24.2 Å². The van der Waals surface area contributed by atoms with E-state index in [9.17, 15) is 9.59 Å². The summed E-state index contributed by atoms with van der Waals surface area (Å²) in [5, 5.41) is 6.10. The number of carbonyl (C=O) groups excluding carboxylic acids is 2. The van der Waals surface area contributed by atoms with E-state index in [1.54, 1.807) is 7.05 Å². The summed E-state index contributed by atoms with van der Waals surface area (Å²) in [6, 6.07) is 0.461. The van der Waals surface area contributed by atoms with Crippen LogP contribution in [0.2, 0.25) is 0 Å². The Morgan fingerprint density at radius 1 is 1.19 bits per heavy atom. The minimum absolute atomic E-state index is 0. The number of nitrogens with zero attached hydrogens (tertiary/aromatic N) is 2. The molecule has 0 aromatic rings. The van der Waals surface area contributed by atoms with Gasteiger partial charge in [0.15, 0.2) is 0 Å². The molecule has 0 aliphatic carbocycles. The average molecular weight is 321 g/mol. The number of hydrogen-bond acceptors (Lipinski definition) is 4. The van der Waals surface area contributed by atoms with Crippen LogP contribution in [-0.2, 0) is 9.59 Å². The van der Waals surface area contributed by atoms with Gasteiger partial charge in [-0.1, -0.05) is 6.92 Å². The number of halogens is 1. The van der Waals surface area contributed by atoms with E-state index >= 15 is 0 Å². The summed E-state index contributed by atoms with van der Waals surface area (Å²) < 4.78 is 0. The minimum Gasteiger partial charge on any atom is -0.355 e. The minimum atomic E-state index is -0.0905. The van der Waals surface area contributed by atoms with Crippen molar-refractivity contribution in [2.75, 3.05) is 46.8 Å². The standard InChI is InChI=1S/C14H28N4O2.ClH/c1-4-7-16-13(19)10-18(3)14(20)11-17(2)12-5-8-15-9-6-12;/h12,15H,4-11H2,1-3H3,(H,16,19);1H. The van der Waals surface area contributed by atoms with Crippen molar-refractivity contribution in [3.63, 3.8) is 0 Å². The molecule has 124 valence electrons. The Kier molecular flexibility index (Phi) is 10.4. The second kappa shape index (κ2) is 10.8. The number of rotatable bonds is 7. The molecule has 1 fully saturated rings. The van der Waals surface area contributed by atoms with Gasteiger partial charge in [0.25, 0.3) is 0 Å². The molecule has 6 nitrogen and oxygen atoms in total. The third-order valence-corrected chi connectivity index (χ3v) is 3.70. The van der Waals surface area contributed by atoms with Gasteiger partial charge in [0.1, 0.15) is 0 Å². The summed E-state index contributed by atoms with van der Waals surface area (Å²) in [4.78, 5) is 27.3. The van der Waals surface area contributed by atoms with Crippen LogP contribution in [0.1, 0.15) is 26.2 Å². The predicted molar refractivity (Wildman–Crippen MR) is 86.7 cm³/mol. The van der Waals surface area contributed by atoms with Crippen molar-refractivity contribution in [3.05, 3.63) is 0 Å². The number of nitrogens with one attached hydrogen (secondary N) is 2. The van der Waals surface area contributed by atoms with E-state index < -0.39 is 0 Å². The van der Waals surface area contributed by atoms with Crippen LogP contribution in [-0.4, -0.2) is 74.5 Å². The zero-order chi connectivity index (χ0) is 15.0. The van der Waals surface area contributed by atoms with Crippen LogP contribution in [0.3, 0.4) is 0 Å². The summed E-state index contributed by atoms with van der Waals surface area (Å²) in [5.74, 6) is -0.0927. The van der Waals surface area contributed by atoms with E-state index in [0.29, 0.717) is 19.1 Å². The van der Waals surface area contributed by atoms with E-state index in [1.807, 2.05) is 14.0 Å². The maximum absolute atomic E-state index is 12.1. The summed E-state index contributed by atoms with van der Waals surface area (Å²) in [6.07, 6.45) is 3.05. The van der Waals surface area contributed by atoms with Crippen molar-refractivity contribution in [3.8, 4) is 0 Å². The van der Waals surface area contributed by atoms with Crippen LogP contribution < -0.4 is 10.6 Å². The highest BCUT2D eigenvalue weighted by Gasteiger charge is 2.21. The lowest BCUT2D eigenvalue weighted by atomic mass is 10.1. The molecule has 1 aliphatic rings. The molecule has 1 heterocycles. The maximum atomic E-state index is 12.1. The Bertz CT molecular complexity index is 322. The van der Waals surface area contributed by atoms with Gasteiger partial charge in [-0.25, -0.2) is 0 Å². The quantitative estimate of drug-likeness (QED) is 0.697. The molecule has 0 bridgehead atoms. The van der Waals surface area contributed by atoms with Crippen LogP contribution in [0.4, 0.5) is 0 Å². The number of hydrogen-bond donors (Lipinski definition) is 2. The van der Waals surface area contributed by atoms with E-state index in [0.717, 1.165) is 32.4 Å². The fourth-order valence-electron chi connectivity index (χ4n) is 2.33. The second-order valence-electron chi connectivity index (χ2n) is 5.50. The molecular formula is C14H29ClN4O2. The highest BCUT2D eigenvalue weighted by Crippen LogP contribution is 2.09. The van der Waals surface area contributed by atoms with Gasteiger partial charge in [-0.15, -0.1) is 12.4 Å². The molecule has 0 unspecified atom stereocenters. The molecule has 1 aliphatic heterocycles. The smallest absolute Gasteiger partial charge is 0.239 e. The Hall–Kier alpha value is -0.850. The van der Waals surface area contributed by atoms with Crippen LogP contribution in [0.25, 0.3) is 0 Å². The predicted octanol–water partition coefficient (Wildman–Crippen LogP) is 0.0766. The molecule has 0 saturated carbocycles. The van der Waals surface area contributed by atoms with E-state index in [2.05, 4.69) is 15.5 Å². The largest absolute Gasteiger partial charge is 0.355 e. The average Bonchev–Trinajstić information content (AvgIpc) is 2.45. The van der Waals surface area contributed by atoms with Gasteiger partial charge in [0.05, 0.1) is 13.1 Å². The third kappa shape index (κ3) is 7.64. The van der Waals surface area contributed by atoms with Crippen molar-refractivity contribution in [2.45, 2.75) is 32.2 Å².